The number of aromatic hydroxyl groups is 1. The van der Waals surface area contributed by atoms with Gasteiger partial charge in [0, 0.05) is 0 Å². The predicted molar refractivity (Wildman–Crippen MR) is 82.3 cm³/mol. The van der Waals surface area contributed by atoms with Gasteiger partial charge >= 0.3 is 7.12 Å². The molecular weight excluding hydrogens is 293 g/mol. The minimum absolute atomic E-state index is 0.123. The Morgan fingerprint density at radius 2 is 1.67 bits per heavy atom. The molecule has 0 radical (unpaired) electrons. The highest BCUT2D eigenvalue weighted by Gasteiger charge is 2.51. The lowest BCUT2D eigenvalue weighted by atomic mass is 9.79. The standard InChI is InChI=1S/C13H20BNO5S/c1-12(2)13(3,4)20-14(19-12)9-6-7-10(11(16)8-9)15-21(5,17)18/h6-8,15-16H,1-5H3. The third kappa shape index (κ3) is 3.33. The van der Waals surface area contributed by atoms with Crippen molar-refractivity contribution in [3.05, 3.63) is 18.2 Å². The van der Waals surface area contributed by atoms with Crippen LogP contribution < -0.4 is 10.2 Å². The summed E-state index contributed by atoms with van der Waals surface area (Å²) in [5, 5.41) is 9.94. The zero-order chi connectivity index (χ0) is 16.1. The molecule has 0 spiro atoms. The lowest BCUT2D eigenvalue weighted by molar-refractivity contribution is 0.00578. The number of rotatable bonds is 3. The molecule has 1 fully saturated rings. The predicted octanol–water partition coefficient (Wildman–Crippen LogP) is 1.06. The molecule has 6 nitrogen and oxygen atoms in total. The molecule has 0 amide bonds. The molecule has 1 aromatic carbocycles. The largest absolute Gasteiger partial charge is 0.506 e. The third-order valence-corrected chi connectivity index (χ3v) is 4.43. The van der Waals surface area contributed by atoms with Crippen LogP contribution in [0.1, 0.15) is 27.7 Å². The van der Waals surface area contributed by atoms with E-state index < -0.39 is 28.3 Å². The molecule has 0 atom stereocenters. The average Bonchev–Trinajstić information content (AvgIpc) is 2.49. The van der Waals surface area contributed by atoms with Gasteiger partial charge in [0.25, 0.3) is 0 Å². The van der Waals surface area contributed by atoms with Gasteiger partial charge < -0.3 is 14.4 Å². The fraction of sp³-hybridized carbons (Fsp3) is 0.538. The van der Waals surface area contributed by atoms with E-state index in [2.05, 4.69) is 4.72 Å². The van der Waals surface area contributed by atoms with Crippen molar-refractivity contribution in [2.24, 2.45) is 0 Å². The number of hydrogen-bond acceptors (Lipinski definition) is 5. The van der Waals surface area contributed by atoms with Crippen LogP contribution in [0, 0.1) is 0 Å². The van der Waals surface area contributed by atoms with Gasteiger partial charge in [0.1, 0.15) is 5.75 Å². The van der Waals surface area contributed by atoms with E-state index in [-0.39, 0.29) is 11.4 Å². The maximum atomic E-state index is 11.2. The maximum absolute atomic E-state index is 11.2. The van der Waals surface area contributed by atoms with Crippen LogP contribution in [0.4, 0.5) is 5.69 Å². The smallest absolute Gasteiger partial charge is 0.494 e. The highest BCUT2D eigenvalue weighted by molar-refractivity contribution is 7.92. The summed E-state index contributed by atoms with van der Waals surface area (Å²) in [7, 11) is -4.04. The second-order valence-corrected chi connectivity index (χ2v) is 7.99. The second kappa shape index (κ2) is 4.89. The Labute approximate surface area is 125 Å². The van der Waals surface area contributed by atoms with Crippen molar-refractivity contribution in [2.75, 3.05) is 11.0 Å². The molecule has 0 bridgehead atoms. The Hall–Kier alpha value is -1.25. The number of sulfonamides is 1. The molecule has 1 saturated heterocycles. The number of phenolic OH excluding ortho intramolecular Hbond substituents is 1. The van der Waals surface area contributed by atoms with Crippen molar-refractivity contribution >= 4 is 28.3 Å². The average molecular weight is 313 g/mol. The van der Waals surface area contributed by atoms with E-state index in [4.69, 9.17) is 9.31 Å². The SMILES string of the molecule is CC1(C)OB(c2ccc(NS(C)(=O)=O)c(O)c2)OC1(C)C. The summed E-state index contributed by atoms with van der Waals surface area (Å²) in [4.78, 5) is 0. The van der Waals surface area contributed by atoms with Crippen molar-refractivity contribution in [1.29, 1.82) is 0 Å². The van der Waals surface area contributed by atoms with Gasteiger partial charge in [-0.1, -0.05) is 6.07 Å². The van der Waals surface area contributed by atoms with Crippen molar-refractivity contribution in [1.82, 2.24) is 0 Å². The summed E-state index contributed by atoms with van der Waals surface area (Å²) >= 11 is 0. The number of benzene rings is 1. The van der Waals surface area contributed by atoms with Gasteiger partial charge in [-0.15, -0.1) is 0 Å². The Morgan fingerprint density at radius 3 is 2.10 bits per heavy atom. The molecule has 8 heteroatoms. The molecule has 0 saturated carbocycles. The third-order valence-electron chi connectivity index (χ3n) is 3.84. The van der Waals surface area contributed by atoms with Gasteiger partial charge in [-0.2, -0.15) is 0 Å². The number of nitrogens with one attached hydrogen (secondary N) is 1. The van der Waals surface area contributed by atoms with Crippen LogP contribution in [0.3, 0.4) is 0 Å². The first-order valence-corrected chi connectivity index (χ1v) is 8.47. The van der Waals surface area contributed by atoms with Gasteiger partial charge in [-0.3, -0.25) is 4.72 Å². The Bertz CT molecular complexity index is 641. The van der Waals surface area contributed by atoms with Crippen molar-refractivity contribution in [2.45, 2.75) is 38.9 Å². The summed E-state index contributed by atoms with van der Waals surface area (Å²) in [6.45, 7) is 7.75. The summed E-state index contributed by atoms with van der Waals surface area (Å²) in [6, 6.07) is 4.59. The summed E-state index contributed by atoms with van der Waals surface area (Å²) < 4.78 is 36.4. The van der Waals surface area contributed by atoms with Crippen LogP contribution >= 0.6 is 0 Å². The number of anilines is 1. The lowest BCUT2D eigenvalue weighted by Crippen LogP contribution is -2.41. The van der Waals surface area contributed by atoms with Gasteiger partial charge in [0.2, 0.25) is 10.0 Å². The highest BCUT2D eigenvalue weighted by atomic mass is 32.2. The molecule has 1 heterocycles. The Morgan fingerprint density at radius 1 is 1.14 bits per heavy atom. The molecule has 0 unspecified atom stereocenters. The van der Waals surface area contributed by atoms with Crippen LogP contribution in [0.5, 0.6) is 5.75 Å². The number of phenols is 1. The van der Waals surface area contributed by atoms with E-state index in [0.29, 0.717) is 5.46 Å². The van der Waals surface area contributed by atoms with Crippen LogP contribution in [0.25, 0.3) is 0 Å². The fourth-order valence-corrected chi connectivity index (χ4v) is 2.53. The molecule has 1 aromatic rings. The van der Waals surface area contributed by atoms with Crippen molar-refractivity contribution in [3.63, 3.8) is 0 Å². The van der Waals surface area contributed by atoms with E-state index >= 15 is 0 Å². The van der Waals surface area contributed by atoms with E-state index in [1.807, 2.05) is 27.7 Å². The first-order chi connectivity index (χ1) is 9.41. The van der Waals surface area contributed by atoms with Crippen molar-refractivity contribution < 1.29 is 22.8 Å². The molecular formula is C13H20BNO5S. The molecule has 0 aliphatic carbocycles. The topological polar surface area (TPSA) is 84.9 Å². The van der Waals surface area contributed by atoms with Crippen LogP contribution in [0.2, 0.25) is 0 Å². The molecule has 2 rings (SSSR count). The zero-order valence-corrected chi connectivity index (χ0v) is 13.6. The van der Waals surface area contributed by atoms with Crippen molar-refractivity contribution in [3.8, 4) is 5.75 Å². The maximum Gasteiger partial charge on any atom is 0.494 e. The Balaban J connectivity index is 2.26. The van der Waals surface area contributed by atoms with Gasteiger partial charge in [0.15, 0.2) is 0 Å². The summed E-state index contributed by atoms with van der Waals surface area (Å²) in [5.41, 5.74) is -0.198. The Kier molecular flexibility index (Phi) is 3.76. The van der Waals surface area contributed by atoms with Crippen LogP contribution in [0.15, 0.2) is 18.2 Å². The summed E-state index contributed by atoms with van der Waals surface area (Å²) in [5.74, 6) is -0.173. The zero-order valence-electron chi connectivity index (χ0n) is 12.8. The molecule has 0 aromatic heterocycles. The lowest BCUT2D eigenvalue weighted by Gasteiger charge is -2.32. The van der Waals surface area contributed by atoms with E-state index in [0.717, 1.165) is 6.26 Å². The minimum Gasteiger partial charge on any atom is -0.506 e. The first-order valence-electron chi connectivity index (χ1n) is 6.58. The number of hydrogen-bond donors (Lipinski definition) is 2. The van der Waals surface area contributed by atoms with E-state index in [9.17, 15) is 13.5 Å². The molecule has 116 valence electrons. The quantitative estimate of drug-likeness (QED) is 0.644. The summed E-state index contributed by atoms with van der Waals surface area (Å²) in [6.07, 6.45) is 1.02. The fourth-order valence-electron chi connectivity index (χ4n) is 1.96. The molecule has 1 aliphatic rings. The second-order valence-electron chi connectivity index (χ2n) is 6.24. The normalized spacial score (nSPS) is 20.5. The van der Waals surface area contributed by atoms with Crippen LogP contribution in [-0.2, 0) is 19.3 Å². The van der Waals surface area contributed by atoms with Gasteiger partial charge in [-0.05, 0) is 45.3 Å². The molecule has 1 aliphatic heterocycles. The van der Waals surface area contributed by atoms with E-state index in [1.165, 1.54) is 12.1 Å². The molecule has 2 N–H and O–H groups in total. The van der Waals surface area contributed by atoms with E-state index in [1.54, 1.807) is 6.07 Å². The monoisotopic (exact) mass is 313 g/mol. The van der Waals surface area contributed by atoms with Crippen LogP contribution in [-0.4, -0.2) is 38.1 Å². The van der Waals surface area contributed by atoms with Gasteiger partial charge in [0.05, 0.1) is 23.1 Å². The molecule has 21 heavy (non-hydrogen) atoms. The highest BCUT2D eigenvalue weighted by Crippen LogP contribution is 2.37. The van der Waals surface area contributed by atoms with Gasteiger partial charge in [-0.25, -0.2) is 8.42 Å². The minimum atomic E-state index is -3.44. The first kappa shape index (κ1) is 16.1.